The van der Waals surface area contributed by atoms with Crippen LogP contribution < -0.4 is 11.1 Å². The summed E-state index contributed by atoms with van der Waals surface area (Å²) in [5, 5.41) is 12.8. The Bertz CT molecular complexity index is 383. The number of dihydropyridines is 1. The molecule has 0 aliphatic carbocycles. The Labute approximate surface area is 108 Å². The van der Waals surface area contributed by atoms with E-state index in [9.17, 15) is 9.90 Å². The van der Waals surface area contributed by atoms with Gasteiger partial charge in [-0.25, -0.2) is 0 Å². The predicted molar refractivity (Wildman–Crippen MR) is 72.0 cm³/mol. The first-order chi connectivity index (χ1) is 8.13. The standard InChI is InChI=1S/C12H21BN2O3/c1-11(2,17)12(3,4)18-13-8-5-6-9(10(14)16)15-7-8/h5-7,9,13,15,17H,1-4H3,(H2,14,16). The van der Waals surface area contributed by atoms with Gasteiger partial charge in [-0.1, -0.05) is 12.2 Å². The molecular formula is C12H21BN2O3. The maximum absolute atomic E-state index is 10.9. The third-order valence-corrected chi connectivity index (χ3v) is 3.33. The van der Waals surface area contributed by atoms with Crippen LogP contribution in [-0.4, -0.2) is 35.7 Å². The van der Waals surface area contributed by atoms with Crippen LogP contribution in [0.2, 0.25) is 0 Å². The van der Waals surface area contributed by atoms with E-state index in [0.717, 1.165) is 5.47 Å². The highest BCUT2D eigenvalue weighted by atomic mass is 16.5. The van der Waals surface area contributed by atoms with Crippen LogP contribution in [0.15, 0.2) is 23.8 Å². The van der Waals surface area contributed by atoms with E-state index >= 15 is 0 Å². The predicted octanol–water partition coefficient (Wildman–Crippen LogP) is -0.241. The van der Waals surface area contributed by atoms with Gasteiger partial charge in [-0.3, -0.25) is 4.79 Å². The van der Waals surface area contributed by atoms with Crippen molar-refractivity contribution in [3.8, 4) is 0 Å². The highest BCUT2D eigenvalue weighted by Crippen LogP contribution is 2.25. The molecule has 0 saturated heterocycles. The highest BCUT2D eigenvalue weighted by Gasteiger charge is 2.35. The van der Waals surface area contributed by atoms with Gasteiger partial charge in [0.2, 0.25) is 5.91 Å². The van der Waals surface area contributed by atoms with Gasteiger partial charge in [-0.2, -0.15) is 0 Å². The van der Waals surface area contributed by atoms with Crippen LogP contribution in [0, 0.1) is 0 Å². The third-order valence-electron chi connectivity index (χ3n) is 3.33. The van der Waals surface area contributed by atoms with E-state index in [4.69, 9.17) is 10.4 Å². The molecule has 0 aromatic rings. The molecule has 0 spiro atoms. The van der Waals surface area contributed by atoms with Crippen molar-refractivity contribution < 1.29 is 14.6 Å². The lowest BCUT2D eigenvalue weighted by Gasteiger charge is -2.37. The lowest BCUT2D eigenvalue weighted by molar-refractivity contribution is -0.118. The van der Waals surface area contributed by atoms with Gasteiger partial charge in [0.25, 0.3) is 0 Å². The molecule has 1 aliphatic rings. The van der Waals surface area contributed by atoms with Crippen molar-refractivity contribution in [2.75, 3.05) is 0 Å². The van der Waals surface area contributed by atoms with Gasteiger partial charge in [0.15, 0.2) is 0 Å². The monoisotopic (exact) mass is 252 g/mol. The van der Waals surface area contributed by atoms with Gasteiger partial charge in [-0.15, -0.1) is 0 Å². The average Bonchev–Trinajstić information content (AvgIpc) is 2.25. The number of carbonyl (C=O) groups is 1. The molecule has 0 radical (unpaired) electrons. The van der Waals surface area contributed by atoms with Crippen LogP contribution in [-0.2, 0) is 9.45 Å². The normalized spacial score (nSPS) is 20.1. The Morgan fingerprint density at radius 1 is 1.50 bits per heavy atom. The number of carbonyl (C=O) groups excluding carboxylic acids is 1. The number of amides is 1. The molecule has 1 heterocycles. The number of nitrogens with one attached hydrogen (secondary N) is 1. The molecule has 6 heteroatoms. The number of hydrogen-bond donors (Lipinski definition) is 3. The Morgan fingerprint density at radius 3 is 2.50 bits per heavy atom. The zero-order valence-electron chi connectivity index (χ0n) is 11.4. The SMILES string of the molecule is CC(C)(O)C(C)(C)OBC1=CNC(C(N)=O)C=C1. The third kappa shape index (κ3) is 3.61. The van der Waals surface area contributed by atoms with Crippen LogP contribution in [0.25, 0.3) is 0 Å². The van der Waals surface area contributed by atoms with Crippen molar-refractivity contribution in [2.45, 2.75) is 44.9 Å². The van der Waals surface area contributed by atoms with Crippen LogP contribution in [0.5, 0.6) is 0 Å². The van der Waals surface area contributed by atoms with Gasteiger partial charge in [0.1, 0.15) is 6.04 Å². The first kappa shape index (κ1) is 14.8. The summed E-state index contributed by atoms with van der Waals surface area (Å²) in [5.74, 6) is -0.417. The van der Waals surface area contributed by atoms with E-state index in [-0.39, 0.29) is 0 Å². The van der Waals surface area contributed by atoms with Gasteiger partial charge in [0, 0.05) is 0 Å². The van der Waals surface area contributed by atoms with E-state index in [2.05, 4.69) is 5.32 Å². The van der Waals surface area contributed by atoms with Gasteiger partial charge in [0.05, 0.1) is 11.2 Å². The fourth-order valence-corrected chi connectivity index (χ4v) is 1.23. The molecule has 1 unspecified atom stereocenters. The number of nitrogens with two attached hydrogens (primary N) is 1. The number of rotatable bonds is 5. The van der Waals surface area contributed by atoms with Crippen molar-refractivity contribution in [2.24, 2.45) is 5.73 Å². The van der Waals surface area contributed by atoms with Crippen LogP contribution in [0.4, 0.5) is 0 Å². The van der Waals surface area contributed by atoms with E-state index in [1.54, 1.807) is 32.2 Å². The zero-order valence-corrected chi connectivity index (χ0v) is 11.4. The van der Waals surface area contributed by atoms with E-state index in [1.807, 2.05) is 13.8 Å². The topological polar surface area (TPSA) is 84.6 Å². The molecule has 0 fully saturated rings. The summed E-state index contributed by atoms with van der Waals surface area (Å²) < 4.78 is 5.70. The Kier molecular flexibility index (Phi) is 4.24. The van der Waals surface area contributed by atoms with Gasteiger partial charge in [-0.05, 0) is 39.4 Å². The fraction of sp³-hybridized carbons (Fsp3) is 0.583. The van der Waals surface area contributed by atoms with Crippen LogP contribution in [0.3, 0.4) is 0 Å². The summed E-state index contributed by atoms with van der Waals surface area (Å²) in [6.07, 6.45) is 5.19. The smallest absolute Gasteiger partial charge is 0.310 e. The second kappa shape index (κ2) is 5.16. The average molecular weight is 252 g/mol. The maximum atomic E-state index is 10.9. The van der Waals surface area contributed by atoms with E-state index in [0.29, 0.717) is 7.48 Å². The highest BCUT2D eigenvalue weighted by molar-refractivity contribution is 6.39. The first-order valence-corrected chi connectivity index (χ1v) is 5.92. The van der Waals surface area contributed by atoms with Crippen molar-refractivity contribution in [1.82, 2.24) is 5.32 Å². The largest absolute Gasteiger partial charge is 0.427 e. The Morgan fingerprint density at radius 2 is 2.11 bits per heavy atom. The van der Waals surface area contributed by atoms with Crippen molar-refractivity contribution >= 4 is 13.4 Å². The number of hydrogen-bond acceptors (Lipinski definition) is 4. The molecule has 0 aromatic heterocycles. The number of allylic oxidation sites excluding steroid dienone is 2. The summed E-state index contributed by atoms with van der Waals surface area (Å²) >= 11 is 0. The molecule has 1 aliphatic heterocycles. The second-order valence-corrected chi connectivity index (χ2v) is 5.48. The number of aliphatic hydroxyl groups is 1. The molecule has 4 N–H and O–H groups in total. The summed E-state index contributed by atoms with van der Waals surface area (Å²) in [4.78, 5) is 10.9. The summed E-state index contributed by atoms with van der Waals surface area (Å²) in [7, 11) is 0.353. The summed E-state index contributed by atoms with van der Waals surface area (Å²) in [6, 6.07) is -0.462. The molecule has 1 atom stereocenters. The van der Waals surface area contributed by atoms with Crippen molar-refractivity contribution in [3.63, 3.8) is 0 Å². The molecule has 1 rings (SSSR count). The molecule has 5 nitrogen and oxygen atoms in total. The maximum Gasteiger partial charge on any atom is 0.310 e. The summed E-state index contributed by atoms with van der Waals surface area (Å²) in [6.45, 7) is 7.08. The Balaban J connectivity index is 2.53. The van der Waals surface area contributed by atoms with Crippen molar-refractivity contribution in [1.29, 1.82) is 0 Å². The molecule has 1 amide bonds. The minimum Gasteiger partial charge on any atom is -0.427 e. The number of primary amides is 1. The second-order valence-electron chi connectivity index (χ2n) is 5.48. The van der Waals surface area contributed by atoms with Crippen LogP contribution >= 0.6 is 0 Å². The van der Waals surface area contributed by atoms with Crippen molar-refractivity contribution in [3.05, 3.63) is 23.8 Å². The molecule has 0 bridgehead atoms. The van der Waals surface area contributed by atoms with E-state index < -0.39 is 23.2 Å². The summed E-state index contributed by atoms with van der Waals surface area (Å²) in [5.41, 5.74) is 4.46. The van der Waals surface area contributed by atoms with Gasteiger partial charge < -0.3 is 20.8 Å². The minimum atomic E-state index is -0.935. The zero-order chi connectivity index (χ0) is 14.0. The molecule has 0 saturated carbocycles. The molecule has 0 aromatic carbocycles. The minimum absolute atomic E-state index is 0.353. The fourth-order valence-electron chi connectivity index (χ4n) is 1.23. The Hall–Kier alpha value is -1.27. The molecule has 100 valence electrons. The first-order valence-electron chi connectivity index (χ1n) is 5.92. The molecular weight excluding hydrogens is 231 g/mol. The lowest BCUT2D eigenvalue weighted by Crippen LogP contribution is -2.48. The van der Waals surface area contributed by atoms with Gasteiger partial charge >= 0.3 is 7.48 Å². The lowest BCUT2D eigenvalue weighted by atomic mass is 9.81. The molecule has 18 heavy (non-hydrogen) atoms. The quantitative estimate of drug-likeness (QED) is 0.589. The van der Waals surface area contributed by atoms with E-state index in [1.165, 1.54) is 0 Å². The van der Waals surface area contributed by atoms with Crippen LogP contribution in [0.1, 0.15) is 27.7 Å².